The summed E-state index contributed by atoms with van der Waals surface area (Å²) in [6.07, 6.45) is 5.34. The molecule has 0 spiro atoms. The summed E-state index contributed by atoms with van der Waals surface area (Å²) in [5.41, 5.74) is 1.11. The number of carbonyl (C=O) groups is 1. The summed E-state index contributed by atoms with van der Waals surface area (Å²) >= 11 is 0. The Kier molecular flexibility index (Phi) is 4.22. The number of benzene rings is 1. The van der Waals surface area contributed by atoms with Crippen LogP contribution in [0, 0.1) is 5.82 Å². The summed E-state index contributed by atoms with van der Waals surface area (Å²) in [5.74, 6) is 1.14. The number of hydrogen-bond acceptors (Lipinski definition) is 2. The number of rotatable bonds is 4. The zero-order valence-corrected chi connectivity index (χ0v) is 12.7. The molecular formula is C17H20FN3O. The van der Waals surface area contributed by atoms with Crippen molar-refractivity contribution in [1.82, 2.24) is 14.5 Å². The molecule has 1 aromatic carbocycles. The van der Waals surface area contributed by atoms with Gasteiger partial charge in [0.2, 0.25) is 5.91 Å². The molecule has 0 radical (unpaired) electrons. The Morgan fingerprint density at radius 3 is 2.86 bits per heavy atom. The van der Waals surface area contributed by atoms with Crippen LogP contribution in [0.3, 0.4) is 0 Å². The van der Waals surface area contributed by atoms with Gasteiger partial charge in [-0.3, -0.25) is 4.79 Å². The molecular weight excluding hydrogens is 281 g/mol. The highest BCUT2D eigenvalue weighted by atomic mass is 19.1. The van der Waals surface area contributed by atoms with Crippen molar-refractivity contribution in [3.05, 3.63) is 53.9 Å². The molecule has 2 aromatic rings. The van der Waals surface area contributed by atoms with Crippen molar-refractivity contribution >= 4 is 5.91 Å². The zero-order chi connectivity index (χ0) is 15.5. The fourth-order valence-electron chi connectivity index (χ4n) is 3.04. The predicted molar refractivity (Wildman–Crippen MR) is 81.9 cm³/mol. The van der Waals surface area contributed by atoms with E-state index in [0.717, 1.165) is 30.8 Å². The molecule has 0 bridgehead atoms. The maximum atomic E-state index is 13.0. The molecule has 1 atom stereocenters. The number of nitrogens with zero attached hydrogens (tertiary/aromatic N) is 3. The van der Waals surface area contributed by atoms with Crippen LogP contribution in [0.2, 0.25) is 0 Å². The van der Waals surface area contributed by atoms with E-state index in [1.807, 2.05) is 34.7 Å². The van der Waals surface area contributed by atoms with Gasteiger partial charge in [0.25, 0.3) is 0 Å². The first-order valence-corrected chi connectivity index (χ1v) is 7.70. The minimum atomic E-state index is -0.220. The molecule has 2 heterocycles. The van der Waals surface area contributed by atoms with Crippen molar-refractivity contribution in [2.45, 2.75) is 32.2 Å². The average Bonchev–Trinajstić information content (AvgIpc) is 3.16. The van der Waals surface area contributed by atoms with Crippen LogP contribution in [0.4, 0.5) is 4.39 Å². The second-order valence-corrected chi connectivity index (χ2v) is 5.70. The molecule has 22 heavy (non-hydrogen) atoms. The van der Waals surface area contributed by atoms with Crippen molar-refractivity contribution < 1.29 is 9.18 Å². The Bertz CT molecular complexity index is 650. The van der Waals surface area contributed by atoms with Gasteiger partial charge in [0.15, 0.2) is 0 Å². The van der Waals surface area contributed by atoms with Crippen molar-refractivity contribution in [1.29, 1.82) is 0 Å². The summed E-state index contributed by atoms with van der Waals surface area (Å²) in [5, 5.41) is 0. The standard InChI is InChI=1S/C17H20FN3O/c1-2-16-19-8-10-20(16)12-17(22)21-9-7-14(11-21)13-3-5-15(18)6-4-13/h3-6,8,10,14H,2,7,9,11-12H2,1H3. The van der Waals surface area contributed by atoms with E-state index >= 15 is 0 Å². The third-order valence-electron chi connectivity index (χ3n) is 4.31. The van der Waals surface area contributed by atoms with Crippen LogP contribution in [0.25, 0.3) is 0 Å². The fourth-order valence-corrected chi connectivity index (χ4v) is 3.04. The highest BCUT2D eigenvalue weighted by Gasteiger charge is 2.27. The number of likely N-dealkylation sites (tertiary alicyclic amines) is 1. The maximum Gasteiger partial charge on any atom is 0.242 e. The van der Waals surface area contributed by atoms with Gasteiger partial charge in [0.05, 0.1) is 0 Å². The first-order valence-electron chi connectivity index (χ1n) is 7.70. The number of amides is 1. The van der Waals surface area contributed by atoms with Crippen LogP contribution in [0.5, 0.6) is 0 Å². The van der Waals surface area contributed by atoms with Crippen LogP contribution in [0.1, 0.15) is 30.7 Å². The van der Waals surface area contributed by atoms with Crippen LogP contribution in [-0.2, 0) is 17.8 Å². The number of imidazole rings is 1. The van der Waals surface area contributed by atoms with Gasteiger partial charge >= 0.3 is 0 Å². The Morgan fingerprint density at radius 2 is 2.14 bits per heavy atom. The van der Waals surface area contributed by atoms with E-state index in [9.17, 15) is 9.18 Å². The molecule has 1 aromatic heterocycles. The van der Waals surface area contributed by atoms with Crippen LogP contribution >= 0.6 is 0 Å². The fraction of sp³-hybridized carbons (Fsp3) is 0.412. The van der Waals surface area contributed by atoms with Crippen LogP contribution in [0.15, 0.2) is 36.7 Å². The molecule has 3 rings (SSSR count). The van der Waals surface area contributed by atoms with Crippen molar-refractivity contribution in [3.8, 4) is 0 Å². The van der Waals surface area contributed by atoms with Gasteiger partial charge in [-0.2, -0.15) is 0 Å². The lowest BCUT2D eigenvalue weighted by molar-refractivity contribution is -0.130. The minimum Gasteiger partial charge on any atom is -0.341 e. The van der Waals surface area contributed by atoms with E-state index in [4.69, 9.17) is 0 Å². The quantitative estimate of drug-likeness (QED) is 0.870. The highest BCUT2D eigenvalue weighted by Crippen LogP contribution is 2.27. The molecule has 1 aliphatic rings. The van der Waals surface area contributed by atoms with Gasteiger partial charge in [-0.25, -0.2) is 9.37 Å². The molecule has 1 amide bonds. The topological polar surface area (TPSA) is 38.1 Å². The molecule has 5 heteroatoms. The van der Waals surface area contributed by atoms with Gasteiger partial charge in [0.1, 0.15) is 18.2 Å². The Labute approximate surface area is 129 Å². The number of aryl methyl sites for hydroxylation is 1. The maximum absolute atomic E-state index is 13.0. The number of aromatic nitrogens is 2. The van der Waals surface area contributed by atoms with Gasteiger partial charge in [-0.05, 0) is 24.1 Å². The van der Waals surface area contributed by atoms with Crippen LogP contribution < -0.4 is 0 Å². The molecule has 1 unspecified atom stereocenters. The summed E-state index contributed by atoms with van der Waals surface area (Å²) in [6.45, 7) is 3.85. The average molecular weight is 301 g/mol. The van der Waals surface area contributed by atoms with E-state index in [1.54, 1.807) is 6.20 Å². The molecule has 0 saturated carbocycles. The molecule has 4 nitrogen and oxygen atoms in total. The minimum absolute atomic E-state index is 0.123. The zero-order valence-electron chi connectivity index (χ0n) is 12.7. The van der Waals surface area contributed by atoms with E-state index < -0.39 is 0 Å². The van der Waals surface area contributed by atoms with Crippen molar-refractivity contribution in [2.75, 3.05) is 13.1 Å². The third kappa shape index (κ3) is 3.03. The number of carbonyl (C=O) groups excluding carboxylic acids is 1. The second kappa shape index (κ2) is 6.30. The lowest BCUT2D eigenvalue weighted by Crippen LogP contribution is -2.32. The predicted octanol–water partition coefficient (Wildman–Crippen LogP) is 2.60. The van der Waals surface area contributed by atoms with Crippen molar-refractivity contribution in [2.24, 2.45) is 0 Å². The Hall–Kier alpha value is -2.17. The largest absolute Gasteiger partial charge is 0.341 e. The molecule has 0 aliphatic carbocycles. The van der Waals surface area contributed by atoms with Gasteiger partial charge in [-0.1, -0.05) is 19.1 Å². The number of hydrogen-bond donors (Lipinski definition) is 0. The van der Waals surface area contributed by atoms with Crippen molar-refractivity contribution in [3.63, 3.8) is 0 Å². The highest BCUT2D eigenvalue weighted by molar-refractivity contribution is 5.76. The van der Waals surface area contributed by atoms with Gasteiger partial charge in [-0.15, -0.1) is 0 Å². The second-order valence-electron chi connectivity index (χ2n) is 5.70. The third-order valence-corrected chi connectivity index (χ3v) is 4.31. The van der Waals surface area contributed by atoms with E-state index in [1.165, 1.54) is 12.1 Å². The monoisotopic (exact) mass is 301 g/mol. The summed E-state index contributed by atoms with van der Waals surface area (Å²) in [4.78, 5) is 18.6. The molecule has 0 N–H and O–H groups in total. The van der Waals surface area contributed by atoms with E-state index in [0.29, 0.717) is 19.0 Å². The summed E-state index contributed by atoms with van der Waals surface area (Å²) < 4.78 is 14.9. The summed E-state index contributed by atoms with van der Waals surface area (Å²) in [6, 6.07) is 6.61. The van der Waals surface area contributed by atoms with Crippen LogP contribution in [-0.4, -0.2) is 33.4 Å². The first-order chi connectivity index (χ1) is 10.7. The Morgan fingerprint density at radius 1 is 1.36 bits per heavy atom. The number of halogens is 1. The van der Waals surface area contributed by atoms with Gasteiger partial charge in [0, 0.05) is 37.8 Å². The molecule has 1 saturated heterocycles. The molecule has 1 aliphatic heterocycles. The molecule has 1 fully saturated rings. The summed E-state index contributed by atoms with van der Waals surface area (Å²) in [7, 11) is 0. The lowest BCUT2D eigenvalue weighted by Gasteiger charge is -2.17. The van der Waals surface area contributed by atoms with E-state index in [-0.39, 0.29) is 11.7 Å². The lowest BCUT2D eigenvalue weighted by atomic mass is 9.99. The first kappa shape index (κ1) is 14.8. The molecule has 116 valence electrons. The normalized spacial score (nSPS) is 17.9. The SMILES string of the molecule is CCc1nccn1CC(=O)N1CCC(c2ccc(F)cc2)C1. The van der Waals surface area contributed by atoms with E-state index in [2.05, 4.69) is 4.98 Å². The van der Waals surface area contributed by atoms with Gasteiger partial charge < -0.3 is 9.47 Å². The smallest absolute Gasteiger partial charge is 0.242 e. The Balaban J connectivity index is 1.62.